The Bertz CT molecular complexity index is 1310. The fourth-order valence-corrected chi connectivity index (χ4v) is 4.36. The molecule has 0 fully saturated rings. The lowest BCUT2D eigenvalue weighted by molar-refractivity contribution is -0.138. The monoisotopic (exact) mass is 488 g/mol. The molecule has 0 radical (unpaired) electrons. The number of aromatic nitrogens is 4. The molecule has 0 saturated heterocycles. The topological polar surface area (TPSA) is 86.3 Å². The molecular formula is C24H27F3N6O2. The summed E-state index contributed by atoms with van der Waals surface area (Å²) in [6, 6.07) is 2.67. The molecule has 1 aliphatic heterocycles. The standard InChI is InChI=1S/C24H27F3N6O2/c1-12(2)19-23(35-6)31-17(22(32-19)34-5)11-15-7-8-16(21-28-9-10-33(15)21)20-18(24(25,26)27)13(3)29-14(4)30-20/h7-10,12,17,19H,11H2,1-6H3. The van der Waals surface area contributed by atoms with Gasteiger partial charge in [0.25, 0.3) is 0 Å². The summed E-state index contributed by atoms with van der Waals surface area (Å²) in [6.07, 6.45) is -0.987. The summed E-state index contributed by atoms with van der Waals surface area (Å²) >= 11 is 0. The number of aliphatic imine (C=N–C) groups is 2. The number of hydrogen-bond donors (Lipinski definition) is 0. The van der Waals surface area contributed by atoms with E-state index in [0.29, 0.717) is 23.9 Å². The Labute approximate surface area is 201 Å². The number of imidazole rings is 1. The summed E-state index contributed by atoms with van der Waals surface area (Å²) in [7, 11) is 3.11. The average Bonchev–Trinajstić information content (AvgIpc) is 3.27. The zero-order valence-electron chi connectivity index (χ0n) is 20.4. The van der Waals surface area contributed by atoms with Gasteiger partial charge in [0.15, 0.2) is 0 Å². The first-order valence-electron chi connectivity index (χ1n) is 11.2. The van der Waals surface area contributed by atoms with Crippen molar-refractivity contribution < 1.29 is 22.6 Å². The number of methoxy groups -OCH3 is 2. The molecule has 0 N–H and O–H groups in total. The molecule has 4 rings (SSSR count). The van der Waals surface area contributed by atoms with Crippen LogP contribution in [-0.2, 0) is 22.1 Å². The van der Waals surface area contributed by atoms with Crippen molar-refractivity contribution in [3.05, 3.63) is 47.3 Å². The molecule has 0 aromatic carbocycles. The van der Waals surface area contributed by atoms with Gasteiger partial charge < -0.3 is 13.9 Å². The minimum atomic E-state index is -4.61. The van der Waals surface area contributed by atoms with Crippen LogP contribution in [0.15, 0.2) is 34.5 Å². The summed E-state index contributed by atoms with van der Waals surface area (Å²) in [5, 5.41) is 0. The van der Waals surface area contributed by atoms with Crippen LogP contribution in [0.25, 0.3) is 16.9 Å². The Morgan fingerprint density at radius 2 is 1.74 bits per heavy atom. The van der Waals surface area contributed by atoms with Crippen LogP contribution >= 0.6 is 0 Å². The van der Waals surface area contributed by atoms with Crippen LogP contribution in [0.3, 0.4) is 0 Å². The Balaban J connectivity index is 1.80. The molecule has 35 heavy (non-hydrogen) atoms. The average molecular weight is 489 g/mol. The molecule has 11 heteroatoms. The number of nitrogens with zero attached hydrogens (tertiary/aromatic N) is 6. The summed E-state index contributed by atoms with van der Waals surface area (Å²) in [6.45, 7) is 6.95. The van der Waals surface area contributed by atoms with Gasteiger partial charge in [-0.1, -0.05) is 13.8 Å². The van der Waals surface area contributed by atoms with Gasteiger partial charge in [-0.15, -0.1) is 0 Å². The zero-order valence-corrected chi connectivity index (χ0v) is 20.4. The number of ether oxygens (including phenoxy) is 2. The largest absolute Gasteiger partial charge is 0.483 e. The lowest BCUT2D eigenvalue weighted by atomic mass is 10.0. The summed E-state index contributed by atoms with van der Waals surface area (Å²) in [4.78, 5) is 21.9. The highest BCUT2D eigenvalue weighted by molar-refractivity contribution is 5.94. The van der Waals surface area contributed by atoms with Crippen LogP contribution < -0.4 is 0 Å². The third kappa shape index (κ3) is 4.59. The van der Waals surface area contributed by atoms with E-state index >= 15 is 0 Å². The van der Waals surface area contributed by atoms with Gasteiger partial charge >= 0.3 is 6.18 Å². The minimum absolute atomic E-state index is 0.127. The van der Waals surface area contributed by atoms with E-state index in [4.69, 9.17) is 19.5 Å². The highest BCUT2D eigenvalue weighted by Gasteiger charge is 2.38. The fourth-order valence-electron chi connectivity index (χ4n) is 4.36. The molecule has 0 amide bonds. The van der Waals surface area contributed by atoms with Crippen LogP contribution in [0.1, 0.15) is 36.6 Å². The Hall–Kier alpha value is -3.50. The van der Waals surface area contributed by atoms with E-state index in [1.54, 1.807) is 50.1 Å². The van der Waals surface area contributed by atoms with Crippen molar-refractivity contribution in [1.82, 2.24) is 19.4 Å². The maximum absolute atomic E-state index is 13.9. The van der Waals surface area contributed by atoms with Gasteiger partial charge in [0, 0.05) is 30.1 Å². The Morgan fingerprint density at radius 3 is 2.37 bits per heavy atom. The smallest absolute Gasteiger partial charge is 0.420 e. The maximum atomic E-state index is 13.9. The zero-order chi connectivity index (χ0) is 25.5. The second-order valence-corrected chi connectivity index (χ2v) is 8.69. The van der Waals surface area contributed by atoms with Gasteiger partial charge in [0.2, 0.25) is 11.8 Å². The van der Waals surface area contributed by atoms with E-state index in [-0.39, 0.29) is 34.7 Å². The van der Waals surface area contributed by atoms with E-state index in [1.165, 1.54) is 6.92 Å². The lowest BCUT2D eigenvalue weighted by Gasteiger charge is -2.27. The van der Waals surface area contributed by atoms with Gasteiger partial charge in [-0.3, -0.25) is 0 Å². The molecule has 8 nitrogen and oxygen atoms in total. The predicted octanol–water partition coefficient (Wildman–Crippen LogP) is 4.47. The first kappa shape index (κ1) is 24.6. The van der Waals surface area contributed by atoms with Crippen molar-refractivity contribution in [2.24, 2.45) is 15.9 Å². The van der Waals surface area contributed by atoms with Crippen LogP contribution in [-0.4, -0.2) is 57.5 Å². The first-order chi connectivity index (χ1) is 16.5. The van der Waals surface area contributed by atoms with Gasteiger partial charge in [0.1, 0.15) is 29.1 Å². The third-order valence-corrected chi connectivity index (χ3v) is 5.91. The number of pyridine rings is 1. The van der Waals surface area contributed by atoms with Crippen LogP contribution in [0.2, 0.25) is 0 Å². The van der Waals surface area contributed by atoms with Gasteiger partial charge in [-0.2, -0.15) is 13.2 Å². The molecule has 4 heterocycles. The number of aryl methyl sites for hydroxylation is 2. The van der Waals surface area contributed by atoms with Crippen molar-refractivity contribution in [3.8, 4) is 11.3 Å². The molecular weight excluding hydrogens is 461 g/mol. The Kier molecular flexibility index (Phi) is 6.52. The summed E-state index contributed by atoms with van der Waals surface area (Å²) in [5.41, 5.74) is 0.211. The van der Waals surface area contributed by atoms with Crippen LogP contribution in [0.5, 0.6) is 0 Å². The molecule has 0 saturated carbocycles. The van der Waals surface area contributed by atoms with E-state index in [9.17, 15) is 13.2 Å². The molecule has 2 unspecified atom stereocenters. The van der Waals surface area contributed by atoms with Gasteiger partial charge in [-0.05, 0) is 31.9 Å². The maximum Gasteiger partial charge on any atom is 0.420 e. The number of rotatable bonds is 4. The second kappa shape index (κ2) is 9.27. The highest BCUT2D eigenvalue weighted by Crippen LogP contribution is 2.39. The van der Waals surface area contributed by atoms with Crippen molar-refractivity contribution in [1.29, 1.82) is 0 Å². The highest BCUT2D eigenvalue weighted by atomic mass is 19.4. The molecule has 3 aromatic heterocycles. The van der Waals surface area contributed by atoms with Crippen molar-refractivity contribution in [3.63, 3.8) is 0 Å². The van der Waals surface area contributed by atoms with Crippen LogP contribution in [0.4, 0.5) is 13.2 Å². The molecule has 1 aliphatic rings. The molecule has 0 spiro atoms. The fraction of sp³-hybridized carbons (Fsp3) is 0.458. The first-order valence-corrected chi connectivity index (χ1v) is 11.2. The van der Waals surface area contributed by atoms with E-state index in [2.05, 4.69) is 15.0 Å². The molecule has 0 aliphatic carbocycles. The van der Waals surface area contributed by atoms with Crippen molar-refractivity contribution >= 4 is 17.4 Å². The normalized spacial score (nSPS) is 18.6. The van der Waals surface area contributed by atoms with Crippen molar-refractivity contribution in [2.75, 3.05) is 14.2 Å². The number of hydrogen-bond acceptors (Lipinski definition) is 7. The van der Waals surface area contributed by atoms with Crippen molar-refractivity contribution in [2.45, 2.75) is 52.4 Å². The molecule has 0 bridgehead atoms. The van der Waals surface area contributed by atoms with E-state index < -0.39 is 17.8 Å². The molecule has 3 aromatic rings. The Morgan fingerprint density at radius 1 is 1.03 bits per heavy atom. The summed E-state index contributed by atoms with van der Waals surface area (Å²) < 4.78 is 54.5. The van der Waals surface area contributed by atoms with E-state index in [0.717, 1.165) is 5.69 Å². The number of fused-ring (bicyclic) bond motifs is 1. The summed E-state index contributed by atoms with van der Waals surface area (Å²) in [5.74, 6) is 1.42. The quantitative estimate of drug-likeness (QED) is 0.541. The number of alkyl halides is 3. The third-order valence-electron chi connectivity index (χ3n) is 5.91. The molecule has 2 atom stereocenters. The van der Waals surface area contributed by atoms with E-state index in [1.807, 2.05) is 13.8 Å². The minimum Gasteiger partial charge on any atom is -0.483 e. The van der Waals surface area contributed by atoms with Gasteiger partial charge in [0.05, 0.1) is 25.6 Å². The van der Waals surface area contributed by atoms with Crippen LogP contribution in [0, 0.1) is 19.8 Å². The van der Waals surface area contributed by atoms with Gasteiger partial charge in [-0.25, -0.2) is 24.9 Å². The lowest BCUT2D eigenvalue weighted by Crippen LogP contribution is -2.38. The predicted molar refractivity (Wildman–Crippen MR) is 126 cm³/mol. The molecule has 186 valence electrons. The SMILES string of the molecule is COC1=NC(C(C)C)C(OC)=NC1Cc1ccc(-c2nc(C)nc(C)c2C(F)(F)F)c2nccn12. The number of halogens is 3. The second-order valence-electron chi connectivity index (χ2n) is 8.69.